The van der Waals surface area contributed by atoms with Crippen LogP contribution in [0.5, 0.6) is 0 Å². The Morgan fingerprint density at radius 1 is 1.43 bits per heavy atom. The van der Waals surface area contributed by atoms with Crippen molar-refractivity contribution in [3.05, 3.63) is 10.6 Å². The van der Waals surface area contributed by atoms with Crippen molar-refractivity contribution >= 4 is 22.4 Å². The Bertz CT molecular complexity index is 479. The van der Waals surface area contributed by atoms with Gasteiger partial charge in [0.2, 0.25) is 0 Å². The van der Waals surface area contributed by atoms with Crippen LogP contribution in [0, 0.1) is 12.8 Å². The van der Waals surface area contributed by atoms with Crippen molar-refractivity contribution in [3.63, 3.8) is 0 Å². The van der Waals surface area contributed by atoms with Crippen molar-refractivity contribution in [1.82, 2.24) is 4.98 Å². The van der Waals surface area contributed by atoms with Gasteiger partial charge in [0.1, 0.15) is 0 Å². The molecule has 0 atom stereocenters. The largest absolute Gasteiger partial charge is 0.461 e. The highest BCUT2D eigenvalue weighted by Crippen LogP contribution is 2.33. The predicted octanol–water partition coefficient (Wildman–Crippen LogP) is 4.03. The van der Waals surface area contributed by atoms with Gasteiger partial charge in [-0.2, -0.15) is 0 Å². The number of ether oxygens (including phenoxy) is 1. The van der Waals surface area contributed by atoms with E-state index in [4.69, 9.17) is 4.74 Å². The zero-order valence-electron chi connectivity index (χ0n) is 13.5. The first kappa shape index (κ1) is 16.3. The van der Waals surface area contributed by atoms with Crippen LogP contribution in [0.3, 0.4) is 0 Å². The molecule has 2 rings (SSSR count). The standard InChI is InChI=1S/C16H26N2O2S/c1-5-20-15(19)14-12(4)21-16(17-14)18(10-11(2)3)13-8-6-7-9-13/h11,13H,5-10H2,1-4H3. The minimum Gasteiger partial charge on any atom is -0.461 e. The van der Waals surface area contributed by atoms with Crippen LogP contribution < -0.4 is 4.90 Å². The van der Waals surface area contributed by atoms with Crippen molar-refractivity contribution in [2.75, 3.05) is 18.1 Å². The fourth-order valence-corrected chi connectivity index (χ4v) is 3.86. The second-order valence-electron chi connectivity index (χ2n) is 6.11. The molecule has 0 unspecified atom stereocenters. The molecule has 0 aromatic carbocycles. The lowest BCUT2D eigenvalue weighted by molar-refractivity contribution is 0.0519. The molecule has 5 heteroatoms. The van der Waals surface area contributed by atoms with Crippen molar-refractivity contribution in [1.29, 1.82) is 0 Å². The Labute approximate surface area is 131 Å². The monoisotopic (exact) mass is 310 g/mol. The number of thiazole rings is 1. The molecule has 1 heterocycles. The summed E-state index contributed by atoms with van der Waals surface area (Å²) in [7, 11) is 0. The maximum Gasteiger partial charge on any atom is 0.358 e. The van der Waals surface area contributed by atoms with Gasteiger partial charge < -0.3 is 9.64 Å². The summed E-state index contributed by atoms with van der Waals surface area (Å²) >= 11 is 1.62. The first-order valence-corrected chi connectivity index (χ1v) is 8.75. The summed E-state index contributed by atoms with van der Waals surface area (Å²) in [5.74, 6) is 0.286. The SMILES string of the molecule is CCOC(=O)c1nc(N(CC(C)C)C2CCCC2)sc1C. The molecular formula is C16H26N2O2S. The van der Waals surface area contributed by atoms with Gasteiger partial charge >= 0.3 is 5.97 Å². The molecule has 4 nitrogen and oxygen atoms in total. The first-order valence-electron chi connectivity index (χ1n) is 7.94. The first-order chi connectivity index (χ1) is 10.0. The summed E-state index contributed by atoms with van der Waals surface area (Å²) in [6.45, 7) is 9.63. The van der Waals surface area contributed by atoms with Gasteiger partial charge in [0.25, 0.3) is 0 Å². The molecule has 0 radical (unpaired) electrons. The number of carbonyl (C=O) groups is 1. The lowest BCUT2D eigenvalue weighted by Crippen LogP contribution is -2.36. The summed E-state index contributed by atoms with van der Waals surface area (Å²) in [4.78, 5) is 19.9. The molecular weight excluding hydrogens is 284 g/mol. The Balaban J connectivity index is 2.23. The van der Waals surface area contributed by atoms with Gasteiger partial charge in [0, 0.05) is 17.5 Å². The maximum atomic E-state index is 11.9. The molecule has 0 aliphatic heterocycles. The highest BCUT2D eigenvalue weighted by Gasteiger charge is 2.27. The van der Waals surface area contributed by atoms with Gasteiger partial charge in [0.05, 0.1) is 6.61 Å². The quantitative estimate of drug-likeness (QED) is 0.744. The zero-order valence-corrected chi connectivity index (χ0v) is 14.3. The van der Waals surface area contributed by atoms with E-state index in [-0.39, 0.29) is 5.97 Å². The van der Waals surface area contributed by atoms with Gasteiger partial charge in [-0.15, -0.1) is 11.3 Å². The molecule has 21 heavy (non-hydrogen) atoms. The van der Waals surface area contributed by atoms with E-state index in [0.29, 0.717) is 24.3 Å². The molecule has 1 aromatic heterocycles. The molecule has 1 saturated carbocycles. The fourth-order valence-electron chi connectivity index (χ4n) is 2.89. The topological polar surface area (TPSA) is 42.4 Å². The van der Waals surface area contributed by atoms with E-state index in [2.05, 4.69) is 23.7 Å². The molecule has 1 aromatic rings. The third-order valence-corrected chi connectivity index (χ3v) is 4.84. The fraction of sp³-hybridized carbons (Fsp3) is 0.750. The summed E-state index contributed by atoms with van der Waals surface area (Å²) in [6, 6.07) is 0.577. The summed E-state index contributed by atoms with van der Waals surface area (Å²) < 4.78 is 5.10. The average molecular weight is 310 g/mol. The minimum atomic E-state index is -0.298. The number of aromatic nitrogens is 1. The van der Waals surface area contributed by atoms with Crippen molar-refractivity contribution in [2.45, 2.75) is 59.4 Å². The third-order valence-electron chi connectivity index (χ3n) is 3.83. The van der Waals surface area contributed by atoms with Crippen LogP contribution in [0.2, 0.25) is 0 Å². The van der Waals surface area contributed by atoms with Crippen molar-refractivity contribution in [3.8, 4) is 0 Å². The zero-order chi connectivity index (χ0) is 15.4. The highest BCUT2D eigenvalue weighted by molar-refractivity contribution is 7.15. The van der Waals surface area contributed by atoms with E-state index in [9.17, 15) is 4.79 Å². The molecule has 0 amide bonds. The lowest BCUT2D eigenvalue weighted by Gasteiger charge is -2.30. The number of rotatable bonds is 6. The number of aryl methyl sites for hydroxylation is 1. The van der Waals surface area contributed by atoms with Crippen LogP contribution in [0.1, 0.15) is 61.8 Å². The van der Waals surface area contributed by atoms with E-state index >= 15 is 0 Å². The van der Waals surface area contributed by atoms with Gasteiger partial charge in [-0.3, -0.25) is 0 Å². The molecule has 1 aliphatic rings. The number of hydrogen-bond acceptors (Lipinski definition) is 5. The molecule has 0 saturated heterocycles. The van der Waals surface area contributed by atoms with E-state index in [0.717, 1.165) is 16.6 Å². The summed E-state index contributed by atoms with van der Waals surface area (Å²) in [5, 5.41) is 0.983. The molecule has 118 valence electrons. The number of hydrogen-bond donors (Lipinski definition) is 0. The average Bonchev–Trinajstić information content (AvgIpc) is 3.05. The van der Waals surface area contributed by atoms with Crippen LogP contribution in [0.4, 0.5) is 5.13 Å². The molecule has 1 aliphatic carbocycles. The van der Waals surface area contributed by atoms with Crippen LogP contribution in [-0.2, 0) is 4.74 Å². The van der Waals surface area contributed by atoms with E-state index in [1.54, 1.807) is 11.3 Å². The minimum absolute atomic E-state index is 0.298. The summed E-state index contributed by atoms with van der Waals surface area (Å²) in [6.07, 6.45) is 5.07. The second kappa shape index (κ2) is 7.25. The van der Waals surface area contributed by atoms with Gasteiger partial charge in [0.15, 0.2) is 10.8 Å². The highest BCUT2D eigenvalue weighted by atomic mass is 32.1. The molecule has 0 bridgehead atoms. The van der Waals surface area contributed by atoms with Crippen molar-refractivity contribution < 1.29 is 9.53 Å². The number of esters is 1. The van der Waals surface area contributed by atoms with Crippen molar-refractivity contribution in [2.24, 2.45) is 5.92 Å². The Morgan fingerprint density at radius 2 is 2.10 bits per heavy atom. The Morgan fingerprint density at radius 3 is 2.67 bits per heavy atom. The smallest absolute Gasteiger partial charge is 0.358 e. The number of nitrogens with zero attached hydrogens (tertiary/aromatic N) is 2. The second-order valence-corrected chi connectivity index (χ2v) is 7.29. The van der Waals surface area contributed by atoms with E-state index < -0.39 is 0 Å². The van der Waals surface area contributed by atoms with Crippen LogP contribution in [0.15, 0.2) is 0 Å². The van der Waals surface area contributed by atoms with Crippen LogP contribution in [-0.4, -0.2) is 30.1 Å². The van der Waals surface area contributed by atoms with Crippen LogP contribution >= 0.6 is 11.3 Å². The molecule has 1 fully saturated rings. The predicted molar refractivity (Wildman–Crippen MR) is 87.2 cm³/mol. The van der Waals surface area contributed by atoms with Gasteiger partial charge in [-0.1, -0.05) is 26.7 Å². The molecule has 0 spiro atoms. The van der Waals surface area contributed by atoms with E-state index in [1.165, 1.54) is 25.7 Å². The van der Waals surface area contributed by atoms with Gasteiger partial charge in [-0.05, 0) is 32.6 Å². The Hall–Kier alpha value is -1.10. The number of carbonyl (C=O) groups excluding carboxylic acids is 1. The lowest BCUT2D eigenvalue weighted by atomic mass is 10.1. The maximum absolute atomic E-state index is 11.9. The van der Waals surface area contributed by atoms with Crippen LogP contribution in [0.25, 0.3) is 0 Å². The molecule has 0 N–H and O–H groups in total. The number of anilines is 1. The third kappa shape index (κ3) is 3.96. The van der Waals surface area contributed by atoms with Gasteiger partial charge in [-0.25, -0.2) is 9.78 Å². The normalized spacial score (nSPS) is 15.7. The summed E-state index contributed by atoms with van der Waals surface area (Å²) in [5.41, 5.74) is 0.489. The Kier molecular flexibility index (Phi) is 5.62. The van der Waals surface area contributed by atoms with E-state index in [1.807, 2.05) is 13.8 Å².